The van der Waals surface area contributed by atoms with Gasteiger partial charge >= 0.3 is 5.97 Å². The summed E-state index contributed by atoms with van der Waals surface area (Å²) in [6, 6.07) is 1.98. The zero-order valence-electron chi connectivity index (χ0n) is 9.89. The molecule has 0 radical (unpaired) electrons. The van der Waals surface area contributed by atoms with Gasteiger partial charge in [0.25, 0.3) is 0 Å². The summed E-state index contributed by atoms with van der Waals surface area (Å²) in [6.07, 6.45) is 3.36. The van der Waals surface area contributed by atoms with Crippen LogP contribution >= 0.6 is 27.3 Å². The van der Waals surface area contributed by atoms with Crippen molar-refractivity contribution in [3.05, 3.63) is 20.8 Å². The molecule has 3 rings (SSSR count). The maximum absolute atomic E-state index is 11.8. The molecule has 1 aromatic heterocycles. The summed E-state index contributed by atoms with van der Waals surface area (Å²) >= 11 is 5.12. The number of carbonyl (C=O) groups is 1. The number of carboxylic acids is 1. The van der Waals surface area contributed by atoms with Crippen LogP contribution in [0.1, 0.15) is 24.1 Å². The number of carboxylic acid groups (broad SMARTS) is 1. The Kier molecular flexibility index (Phi) is 3.24. The Hall–Kier alpha value is -0.390. The van der Waals surface area contributed by atoms with Crippen molar-refractivity contribution < 1.29 is 14.6 Å². The molecule has 5 heteroatoms. The van der Waals surface area contributed by atoms with Crippen molar-refractivity contribution in [2.75, 3.05) is 6.61 Å². The van der Waals surface area contributed by atoms with Crippen LogP contribution < -0.4 is 0 Å². The van der Waals surface area contributed by atoms with Crippen molar-refractivity contribution in [2.24, 2.45) is 11.3 Å². The maximum atomic E-state index is 11.8. The van der Waals surface area contributed by atoms with E-state index in [1.165, 1.54) is 0 Å². The Balaban J connectivity index is 1.91. The van der Waals surface area contributed by atoms with E-state index in [0.29, 0.717) is 25.4 Å². The molecule has 3 nitrogen and oxygen atoms in total. The average Bonchev–Trinajstić information content (AvgIpc) is 2.97. The number of halogens is 1. The van der Waals surface area contributed by atoms with E-state index in [-0.39, 0.29) is 6.10 Å². The minimum atomic E-state index is -0.714. The Labute approximate surface area is 118 Å². The Morgan fingerprint density at radius 1 is 1.61 bits per heavy atom. The van der Waals surface area contributed by atoms with E-state index in [0.717, 1.165) is 22.2 Å². The zero-order valence-corrected chi connectivity index (χ0v) is 12.3. The molecule has 2 unspecified atom stereocenters. The Bertz CT molecular complexity index is 469. The molecule has 1 aliphatic carbocycles. The first-order chi connectivity index (χ1) is 8.63. The first-order valence-corrected chi connectivity index (χ1v) is 7.87. The molecule has 1 saturated heterocycles. The number of hydrogen-bond acceptors (Lipinski definition) is 3. The van der Waals surface area contributed by atoms with Gasteiger partial charge in [0.05, 0.1) is 6.10 Å². The minimum absolute atomic E-state index is 0.0935. The van der Waals surface area contributed by atoms with Gasteiger partial charge in [0.1, 0.15) is 5.41 Å². The van der Waals surface area contributed by atoms with E-state index in [1.54, 1.807) is 11.3 Å². The molecule has 2 heterocycles. The van der Waals surface area contributed by atoms with E-state index in [1.807, 2.05) is 11.4 Å². The maximum Gasteiger partial charge on any atom is 0.312 e. The van der Waals surface area contributed by atoms with Gasteiger partial charge in [-0.05, 0) is 52.6 Å². The molecule has 18 heavy (non-hydrogen) atoms. The lowest BCUT2D eigenvalue weighted by Crippen LogP contribution is -2.42. The molecule has 0 aromatic carbocycles. The molecule has 98 valence electrons. The van der Waals surface area contributed by atoms with E-state index >= 15 is 0 Å². The molecule has 2 atom stereocenters. The van der Waals surface area contributed by atoms with Gasteiger partial charge in [-0.25, -0.2) is 0 Å². The van der Waals surface area contributed by atoms with Gasteiger partial charge in [0.2, 0.25) is 0 Å². The highest BCUT2D eigenvalue weighted by atomic mass is 79.9. The third-order valence-electron chi connectivity index (χ3n) is 4.03. The summed E-state index contributed by atoms with van der Waals surface area (Å²) in [5.41, 5.74) is -0.714. The van der Waals surface area contributed by atoms with Crippen LogP contribution in [0.5, 0.6) is 0 Å². The number of ether oxygens (including phenoxy) is 1. The van der Waals surface area contributed by atoms with E-state index in [4.69, 9.17) is 4.74 Å². The SMILES string of the molecule is O=C(O)C1(Cc2sccc2Br)CCOC1C1CC1. The standard InChI is InChI=1S/C13H15BrO3S/c14-9-3-6-18-10(9)7-13(12(15)16)4-5-17-11(13)8-1-2-8/h3,6,8,11H,1-2,4-5,7H2,(H,15,16). The van der Waals surface area contributed by atoms with Crippen molar-refractivity contribution in [3.8, 4) is 0 Å². The molecule has 1 aliphatic heterocycles. The van der Waals surface area contributed by atoms with Crippen LogP contribution in [0.3, 0.4) is 0 Å². The second kappa shape index (κ2) is 4.62. The quantitative estimate of drug-likeness (QED) is 0.921. The van der Waals surface area contributed by atoms with Crippen LogP contribution in [-0.2, 0) is 16.0 Å². The zero-order chi connectivity index (χ0) is 12.8. The van der Waals surface area contributed by atoms with E-state index in [9.17, 15) is 9.90 Å². The molecule has 1 N–H and O–H groups in total. The summed E-state index contributed by atoms with van der Waals surface area (Å²) in [7, 11) is 0. The topological polar surface area (TPSA) is 46.5 Å². The number of rotatable bonds is 4. The first-order valence-electron chi connectivity index (χ1n) is 6.20. The van der Waals surface area contributed by atoms with Crippen LogP contribution in [0, 0.1) is 11.3 Å². The Morgan fingerprint density at radius 2 is 2.39 bits per heavy atom. The van der Waals surface area contributed by atoms with Gasteiger partial charge < -0.3 is 9.84 Å². The molecular formula is C13H15BrO3S. The van der Waals surface area contributed by atoms with Crippen LogP contribution in [0.15, 0.2) is 15.9 Å². The van der Waals surface area contributed by atoms with Gasteiger partial charge in [-0.1, -0.05) is 0 Å². The highest BCUT2D eigenvalue weighted by Gasteiger charge is 2.56. The molecule has 0 amide bonds. The van der Waals surface area contributed by atoms with Gasteiger partial charge in [0, 0.05) is 22.4 Å². The van der Waals surface area contributed by atoms with Crippen LogP contribution in [0.2, 0.25) is 0 Å². The van der Waals surface area contributed by atoms with Crippen LogP contribution in [0.25, 0.3) is 0 Å². The fraction of sp³-hybridized carbons (Fsp3) is 0.615. The summed E-state index contributed by atoms with van der Waals surface area (Å²) < 4.78 is 6.77. The fourth-order valence-corrected chi connectivity index (χ4v) is 4.50. The minimum Gasteiger partial charge on any atom is -0.481 e. The molecule has 0 bridgehead atoms. The number of hydrogen-bond donors (Lipinski definition) is 1. The molecule has 0 spiro atoms. The largest absolute Gasteiger partial charge is 0.481 e. The normalized spacial score (nSPS) is 31.7. The first kappa shape index (κ1) is 12.6. The third kappa shape index (κ3) is 2.02. The molecule has 2 fully saturated rings. The van der Waals surface area contributed by atoms with Crippen molar-refractivity contribution in [1.29, 1.82) is 0 Å². The van der Waals surface area contributed by atoms with Gasteiger partial charge in [-0.15, -0.1) is 11.3 Å². The molecule has 1 saturated carbocycles. The van der Waals surface area contributed by atoms with Crippen molar-refractivity contribution in [1.82, 2.24) is 0 Å². The monoisotopic (exact) mass is 330 g/mol. The highest BCUT2D eigenvalue weighted by Crippen LogP contribution is 2.50. The summed E-state index contributed by atoms with van der Waals surface area (Å²) in [5, 5.41) is 11.7. The van der Waals surface area contributed by atoms with Crippen molar-refractivity contribution >= 4 is 33.2 Å². The number of thiophene rings is 1. The third-order valence-corrected chi connectivity index (χ3v) is 5.96. The smallest absolute Gasteiger partial charge is 0.312 e. The summed E-state index contributed by atoms with van der Waals surface area (Å²) in [4.78, 5) is 12.9. The van der Waals surface area contributed by atoms with E-state index < -0.39 is 11.4 Å². The summed E-state index contributed by atoms with van der Waals surface area (Å²) in [5.74, 6) is -0.237. The van der Waals surface area contributed by atoms with Crippen molar-refractivity contribution in [3.63, 3.8) is 0 Å². The predicted octanol–water partition coefficient (Wildman–Crippen LogP) is 3.32. The average molecular weight is 331 g/mol. The van der Waals surface area contributed by atoms with Crippen LogP contribution in [-0.4, -0.2) is 23.8 Å². The summed E-state index contributed by atoms with van der Waals surface area (Å²) in [6.45, 7) is 0.580. The Morgan fingerprint density at radius 3 is 2.94 bits per heavy atom. The van der Waals surface area contributed by atoms with E-state index in [2.05, 4.69) is 15.9 Å². The molecular weight excluding hydrogens is 316 g/mol. The lowest BCUT2D eigenvalue weighted by atomic mass is 9.75. The number of aliphatic carboxylic acids is 1. The van der Waals surface area contributed by atoms with Gasteiger partial charge in [0.15, 0.2) is 0 Å². The predicted molar refractivity (Wildman–Crippen MR) is 72.9 cm³/mol. The van der Waals surface area contributed by atoms with Crippen LogP contribution in [0.4, 0.5) is 0 Å². The second-order valence-electron chi connectivity index (χ2n) is 5.21. The van der Waals surface area contributed by atoms with Crippen molar-refractivity contribution in [2.45, 2.75) is 31.8 Å². The molecule has 1 aromatic rings. The lowest BCUT2D eigenvalue weighted by molar-refractivity contribution is -0.153. The van der Waals surface area contributed by atoms with Gasteiger partial charge in [-0.3, -0.25) is 4.79 Å². The van der Waals surface area contributed by atoms with Gasteiger partial charge in [-0.2, -0.15) is 0 Å². The molecule has 2 aliphatic rings. The fourth-order valence-electron chi connectivity index (χ4n) is 2.89. The lowest BCUT2D eigenvalue weighted by Gasteiger charge is -2.29. The highest BCUT2D eigenvalue weighted by molar-refractivity contribution is 9.10. The second-order valence-corrected chi connectivity index (χ2v) is 7.06.